The maximum absolute atomic E-state index is 12.9. The maximum atomic E-state index is 12.9. The molecule has 0 aliphatic carbocycles. The summed E-state index contributed by atoms with van der Waals surface area (Å²) in [7, 11) is 0. The van der Waals surface area contributed by atoms with Crippen molar-refractivity contribution < 1.29 is 4.79 Å². The van der Waals surface area contributed by atoms with Gasteiger partial charge in [0, 0.05) is 49.3 Å². The number of carbonyl (C=O) groups is 1. The molecule has 25 heavy (non-hydrogen) atoms. The van der Waals surface area contributed by atoms with E-state index in [-0.39, 0.29) is 5.91 Å². The molecule has 4 heteroatoms. The van der Waals surface area contributed by atoms with Gasteiger partial charge in [-0.2, -0.15) is 0 Å². The second kappa shape index (κ2) is 6.73. The van der Waals surface area contributed by atoms with E-state index in [1.165, 1.54) is 5.56 Å². The number of carbonyl (C=O) groups excluding carboxylic acids is 1. The number of rotatable bonds is 3. The first-order valence-electron chi connectivity index (χ1n) is 8.88. The van der Waals surface area contributed by atoms with E-state index in [2.05, 4.69) is 41.1 Å². The Labute approximate surface area is 148 Å². The van der Waals surface area contributed by atoms with Gasteiger partial charge in [0.2, 0.25) is 0 Å². The molecule has 4 rings (SSSR count). The number of nitrogens with zero attached hydrogens (tertiary/aromatic N) is 2. The van der Waals surface area contributed by atoms with Crippen molar-refractivity contribution in [3.63, 3.8) is 0 Å². The van der Waals surface area contributed by atoms with Crippen LogP contribution in [0.3, 0.4) is 0 Å². The molecule has 0 radical (unpaired) electrons. The highest BCUT2D eigenvalue weighted by atomic mass is 16.2. The lowest BCUT2D eigenvalue weighted by Crippen LogP contribution is -2.49. The van der Waals surface area contributed by atoms with E-state index in [0.717, 1.165) is 42.6 Å². The highest BCUT2D eigenvalue weighted by molar-refractivity contribution is 6.06. The third kappa shape index (κ3) is 3.05. The highest BCUT2D eigenvalue weighted by Crippen LogP contribution is 2.23. The third-order valence-corrected chi connectivity index (χ3v) is 5.25. The van der Waals surface area contributed by atoms with Crippen LogP contribution in [0.2, 0.25) is 0 Å². The lowest BCUT2D eigenvalue weighted by molar-refractivity contribution is 0.0584. The molecule has 0 bridgehead atoms. The molecule has 1 amide bonds. The van der Waals surface area contributed by atoms with Gasteiger partial charge < -0.3 is 9.88 Å². The van der Waals surface area contributed by atoms with Crippen LogP contribution in [0.25, 0.3) is 10.9 Å². The number of hydrogen-bond donors (Lipinski definition) is 1. The summed E-state index contributed by atoms with van der Waals surface area (Å²) in [6.45, 7) is 5.60. The predicted molar refractivity (Wildman–Crippen MR) is 101 cm³/mol. The predicted octanol–water partition coefficient (Wildman–Crippen LogP) is 3.69. The number of hydrogen-bond acceptors (Lipinski definition) is 2. The molecule has 4 nitrogen and oxygen atoms in total. The van der Waals surface area contributed by atoms with Crippen molar-refractivity contribution in [2.45, 2.75) is 13.0 Å². The summed E-state index contributed by atoms with van der Waals surface area (Å²) in [6, 6.07) is 18.9. The van der Waals surface area contributed by atoms with E-state index in [0.29, 0.717) is 6.04 Å². The van der Waals surface area contributed by atoms with Crippen molar-refractivity contribution in [3.05, 3.63) is 71.9 Å². The van der Waals surface area contributed by atoms with Crippen LogP contribution in [0.1, 0.15) is 28.9 Å². The Morgan fingerprint density at radius 1 is 0.960 bits per heavy atom. The molecule has 1 aliphatic rings. The van der Waals surface area contributed by atoms with Crippen LogP contribution in [-0.4, -0.2) is 46.9 Å². The van der Waals surface area contributed by atoms with Crippen LogP contribution < -0.4 is 0 Å². The van der Waals surface area contributed by atoms with E-state index in [1.54, 1.807) is 0 Å². The van der Waals surface area contributed by atoms with Gasteiger partial charge in [-0.1, -0.05) is 48.5 Å². The molecule has 1 unspecified atom stereocenters. The lowest BCUT2D eigenvalue weighted by atomic mass is 10.1. The highest BCUT2D eigenvalue weighted by Gasteiger charge is 2.26. The minimum absolute atomic E-state index is 0.129. The van der Waals surface area contributed by atoms with Crippen molar-refractivity contribution in [1.29, 1.82) is 0 Å². The number of aromatic nitrogens is 1. The van der Waals surface area contributed by atoms with Crippen molar-refractivity contribution in [3.8, 4) is 0 Å². The van der Waals surface area contributed by atoms with Gasteiger partial charge in [-0.3, -0.25) is 9.69 Å². The monoisotopic (exact) mass is 333 g/mol. The van der Waals surface area contributed by atoms with E-state index in [4.69, 9.17) is 0 Å². The first-order valence-corrected chi connectivity index (χ1v) is 8.88. The van der Waals surface area contributed by atoms with Crippen molar-refractivity contribution >= 4 is 16.8 Å². The smallest absolute Gasteiger partial charge is 0.256 e. The SMILES string of the molecule is CC(c1ccccc1)N1CCN(C(=O)c2c[nH]c3ccccc23)CC1. The van der Waals surface area contributed by atoms with Crippen LogP contribution >= 0.6 is 0 Å². The molecule has 3 aromatic rings. The number of aromatic amines is 1. The Kier molecular flexibility index (Phi) is 4.28. The van der Waals surface area contributed by atoms with Gasteiger partial charge in [0.1, 0.15) is 0 Å². The fraction of sp³-hybridized carbons (Fsp3) is 0.286. The zero-order valence-corrected chi connectivity index (χ0v) is 14.5. The lowest BCUT2D eigenvalue weighted by Gasteiger charge is -2.38. The molecule has 2 heterocycles. The van der Waals surface area contributed by atoms with Crippen LogP contribution in [0.4, 0.5) is 0 Å². The van der Waals surface area contributed by atoms with E-state index in [1.807, 2.05) is 41.4 Å². The quantitative estimate of drug-likeness (QED) is 0.794. The molecule has 1 fully saturated rings. The summed E-state index contributed by atoms with van der Waals surface area (Å²) < 4.78 is 0. The van der Waals surface area contributed by atoms with Gasteiger partial charge in [-0.25, -0.2) is 0 Å². The normalized spacial score (nSPS) is 16.9. The Morgan fingerprint density at radius 2 is 1.64 bits per heavy atom. The molecule has 1 saturated heterocycles. The Morgan fingerprint density at radius 3 is 2.40 bits per heavy atom. The summed E-state index contributed by atoms with van der Waals surface area (Å²) in [5.74, 6) is 0.129. The second-order valence-corrected chi connectivity index (χ2v) is 6.66. The molecule has 1 atom stereocenters. The number of H-pyrrole nitrogens is 1. The number of para-hydroxylation sites is 1. The van der Waals surface area contributed by atoms with Gasteiger partial charge in [0.05, 0.1) is 5.56 Å². The fourth-order valence-corrected chi connectivity index (χ4v) is 3.67. The fourth-order valence-electron chi connectivity index (χ4n) is 3.67. The topological polar surface area (TPSA) is 39.3 Å². The van der Waals surface area contributed by atoms with Gasteiger partial charge >= 0.3 is 0 Å². The molecule has 1 aromatic heterocycles. The number of fused-ring (bicyclic) bond motifs is 1. The minimum Gasteiger partial charge on any atom is -0.360 e. The standard InChI is InChI=1S/C21H23N3O/c1-16(17-7-3-2-4-8-17)23-11-13-24(14-12-23)21(25)19-15-22-20-10-6-5-9-18(19)20/h2-10,15-16,22H,11-14H2,1H3. The van der Waals surface area contributed by atoms with Crippen molar-refractivity contribution in [2.24, 2.45) is 0 Å². The van der Waals surface area contributed by atoms with Crippen LogP contribution in [0.15, 0.2) is 60.8 Å². The molecule has 2 aromatic carbocycles. The average Bonchev–Trinajstić information content (AvgIpc) is 3.12. The van der Waals surface area contributed by atoms with Gasteiger partial charge in [0.15, 0.2) is 0 Å². The molecule has 0 saturated carbocycles. The summed E-state index contributed by atoms with van der Waals surface area (Å²) in [4.78, 5) is 20.5. The Balaban J connectivity index is 1.44. The Bertz CT molecular complexity index is 863. The minimum atomic E-state index is 0.129. The summed E-state index contributed by atoms with van der Waals surface area (Å²) in [5, 5.41) is 1.01. The van der Waals surface area contributed by atoms with Crippen LogP contribution in [0.5, 0.6) is 0 Å². The van der Waals surface area contributed by atoms with Crippen LogP contribution in [0, 0.1) is 0 Å². The van der Waals surface area contributed by atoms with E-state index in [9.17, 15) is 4.79 Å². The summed E-state index contributed by atoms with van der Waals surface area (Å²) in [6.07, 6.45) is 1.84. The number of piperazine rings is 1. The van der Waals surface area contributed by atoms with Gasteiger partial charge in [-0.15, -0.1) is 0 Å². The van der Waals surface area contributed by atoms with E-state index >= 15 is 0 Å². The van der Waals surface area contributed by atoms with Crippen molar-refractivity contribution in [1.82, 2.24) is 14.8 Å². The van der Waals surface area contributed by atoms with Crippen LogP contribution in [-0.2, 0) is 0 Å². The molecule has 1 N–H and O–H groups in total. The average molecular weight is 333 g/mol. The molecule has 0 spiro atoms. The third-order valence-electron chi connectivity index (χ3n) is 5.25. The molecular formula is C21H23N3O. The summed E-state index contributed by atoms with van der Waals surface area (Å²) >= 11 is 0. The first kappa shape index (κ1) is 15.9. The van der Waals surface area contributed by atoms with Crippen molar-refractivity contribution in [2.75, 3.05) is 26.2 Å². The number of amides is 1. The second-order valence-electron chi connectivity index (χ2n) is 6.66. The van der Waals surface area contributed by atoms with Gasteiger partial charge in [0.25, 0.3) is 5.91 Å². The number of nitrogens with one attached hydrogen (secondary N) is 1. The molecule has 1 aliphatic heterocycles. The van der Waals surface area contributed by atoms with E-state index < -0.39 is 0 Å². The van der Waals surface area contributed by atoms with Gasteiger partial charge in [-0.05, 0) is 18.6 Å². The zero-order chi connectivity index (χ0) is 17.2. The largest absolute Gasteiger partial charge is 0.360 e. The number of benzene rings is 2. The first-order chi connectivity index (χ1) is 12.2. The molecule has 128 valence electrons. The maximum Gasteiger partial charge on any atom is 0.256 e. The Hall–Kier alpha value is -2.59. The summed E-state index contributed by atoms with van der Waals surface area (Å²) in [5.41, 5.74) is 3.13. The zero-order valence-electron chi connectivity index (χ0n) is 14.5. The molecular weight excluding hydrogens is 310 g/mol.